The Bertz CT molecular complexity index is 202. The Labute approximate surface area is 67.4 Å². The molecule has 62 valence electrons. The number of fused-ring (bicyclic) bond motifs is 1. The first kappa shape index (κ1) is 7.14. The van der Waals surface area contributed by atoms with Gasteiger partial charge in [-0.3, -0.25) is 4.79 Å². The fraction of sp³-hybridized carbons (Fsp3) is 0.889. The van der Waals surface area contributed by atoms with Crippen molar-refractivity contribution in [3.63, 3.8) is 0 Å². The average molecular weight is 153 g/mol. The summed E-state index contributed by atoms with van der Waals surface area (Å²) in [6.07, 6.45) is 3.69. The highest BCUT2D eigenvalue weighted by Crippen LogP contribution is 2.44. The number of rotatable bonds is 0. The Morgan fingerprint density at radius 2 is 2.36 bits per heavy atom. The first-order chi connectivity index (χ1) is 5.13. The van der Waals surface area contributed by atoms with Crippen LogP contribution in [-0.4, -0.2) is 11.4 Å². The third-order valence-electron chi connectivity index (χ3n) is 3.46. The highest BCUT2D eigenvalue weighted by atomic mass is 16.2. The van der Waals surface area contributed by atoms with Crippen molar-refractivity contribution in [2.24, 2.45) is 11.8 Å². The van der Waals surface area contributed by atoms with Gasteiger partial charge in [-0.25, -0.2) is 0 Å². The summed E-state index contributed by atoms with van der Waals surface area (Å²) in [5.41, 5.74) is 0.149. The van der Waals surface area contributed by atoms with Crippen LogP contribution in [0.4, 0.5) is 0 Å². The van der Waals surface area contributed by atoms with Gasteiger partial charge in [0.25, 0.3) is 0 Å². The van der Waals surface area contributed by atoms with Gasteiger partial charge in [0.05, 0.1) is 0 Å². The van der Waals surface area contributed by atoms with Gasteiger partial charge in [-0.15, -0.1) is 0 Å². The summed E-state index contributed by atoms with van der Waals surface area (Å²) in [6.45, 7) is 4.24. The van der Waals surface area contributed by atoms with E-state index in [1.807, 2.05) is 0 Å². The van der Waals surface area contributed by atoms with Crippen LogP contribution >= 0.6 is 0 Å². The van der Waals surface area contributed by atoms with Crippen molar-refractivity contribution in [2.75, 3.05) is 0 Å². The Hall–Kier alpha value is -0.530. The fourth-order valence-corrected chi connectivity index (χ4v) is 2.73. The highest BCUT2D eigenvalue weighted by molar-refractivity contribution is 5.82. The van der Waals surface area contributed by atoms with Gasteiger partial charge in [-0.2, -0.15) is 0 Å². The zero-order valence-electron chi connectivity index (χ0n) is 7.18. The molecule has 0 aromatic heterocycles. The summed E-state index contributed by atoms with van der Waals surface area (Å²) >= 11 is 0. The van der Waals surface area contributed by atoms with E-state index in [1.165, 1.54) is 19.3 Å². The molecule has 11 heavy (non-hydrogen) atoms. The summed E-state index contributed by atoms with van der Waals surface area (Å²) in [7, 11) is 0. The predicted octanol–water partition coefficient (Wildman–Crippen LogP) is 1.31. The monoisotopic (exact) mass is 153 g/mol. The molecule has 1 saturated heterocycles. The maximum Gasteiger partial charge on any atom is 0.223 e. The molecular formula is C9H15NO. The molecule has 2 fully saturated rings. The summed E-state index contributed by atoms with van der Waals surface area (Å²) in [5, 5.41) is 3.10. The van der Waals surface area contributed by atoms with Crippen LogP contribution in [0.25, 0.3) is 0 Å². The first-order valence-corrected chi connectivity index (χ1v) is 4.45. The summed E-state index contributed by atoms with van der Waals surface area (Å²) in [6, 6.07) is 0. The lowest BCUT2D eigenvalue weighted by Gasteiger charge is -2.23. The maximum absolute atomic E-state index is 11.3. The Morgan fingerprint density at radius 3 is 3.00 bits per heavy atom. The van der Waals surface area contributed by atoms with Gasteiger partial charge in [0.2, 0.25) is 5.91 Å². The zero-order chi connectivity index (χ0) is 8.06. The van der Waals surface area contributed by atoms with Crippen molar-refractivity contribution >= 4 is 5.91 Å². The molecule has 3 unspecified atom stereocenters. The van der Waals surface area contributed by atoms with Gasteiger partial charge in [0, 0.05) is 11.5 Å². The number of carbonyl (C=O) groups excluding carboxylic acids is 1. The number of hydrogen-bond donors (Lipinski definition) is 1. The second-order valence-electron chi connectivity index (χ2n) is 4.19. The van der Waals surface area contributed by atoms with Crippen LogP contribution in [0.15, 0.2) is 0 Å². The second-order valence-corrected chi connectivity index (χ2v) is 4.19. The summed E-state index contributed by atoms with van der Waals surface area (Å²) in [4.78, 5) is 11.3. The lowest BCUT2D eigenvalue weighted by Crippen LogP contribution is -2.39. The largest absolute Gasteiger partial charge is 0.350 e. The Balaban J connectivity index is 2.28. The number of amides is 1. The quantitative estimate of drug-likeness (QED) is 0.558. The SMILES string of the molecule is CC1C(=O)NC2(C)CCCC12. The van der Waals surface area contributed by atoms with Crippen LogP contribution in [0, 0.1) is 11.8 Å². The van der Waals surface area contributed by atoms with E-state index in [9.17, 15) is 4.79 Å². The molecule has 1 heterocycles. The fourth-order valence-electron chi connectivity index (χ4n) is 2.73. The van der Waals surface area contributed by atoms with Gasteiger partial charge in [-0.05, 0) is 25.7 Å². The van der Waals surface area contributed by atoms with Crippen LogP contribution in [-0.2, 0) is 4.79 Å². The Morgan fingerprint density at radius 1 is 1.64 bits per heavy atom. The van der Waals surface area contributed by atoms with Crippen molar-refractivity contribution < 1.29 is 4.79 Å². The Kier molecular flexibility index (Phi) is 1.29. The van der Waals surface area contributed by atoms with E-state index in [4.69, 9.17) is 0 Å². The summed E-state index contributed by atoms with van der Waals surface area (Å²) in [5.74, 6) is 1.12. The molecule has 2 aliphatic rings. The molecule has 1 N–H and O–H groups in total. The normalized spacial score (nSPS) is 49.1. The second kappa shape index (κ2) is 1.99. The number of nitrogens with one attached hydrogen (secondary N) is 1. The molecule has 0 aromatic rings. The van der Waals surface area contributed by atoms with Gasteiger partial charge in [0.1, 0.15) is 0 Å². The van der Waals surface area contributed by atoms with Gasteiger partial charge < -0.3 is 5.32 Å². The standard InChI is InChI=1S/C9H15NO/c1-6-7-4-3-5-9(7,2)10-8(6)11/h6-7H,3-5H2,1-2H3,(H,10,11). The molecule has 0 aromatic carbocycles. The molecule has 1 aliphatic carbocycles. The van der Waals surface area contributed by atoms with E-state index in [0.717, 1.165) is 0 Å². The van der Waals surface area contributed by atoms with E-state index >= 15 is 0 Å². The molecule has 2 heteroatoms. The zero-order valence-corrected chi connectivity index (χ0v) is 7.18. The number of carbonyl (C=O) groups is 1. The van der Waals surface area contributed by atoms with E-state index in [2.05, 4.69) is 19.2 Å². The van der Waals surface area contributed by atoms with Crippen molar-refractivity contribution in [2.45, 2.75) is 38.6 Å². The average Bonchev–Trinajstić information content (AvgIpc) is 2.36. The topological polar surface area (TPSA) is 29.1 Å². The first-order valence-electron chi connectivity index (χ1n) is 4.45. The van der Waals surface area contributed by atoms with Gasteiger partial charge in [-0.1, -0.05) is 13.3 Å². The molecule has 2 rings (SSSR count). The lowest BCUT2D eigenvalue weighted by atomic mass is 9.85. The van der Waals surface area contributed by atoms with Gasteiger partial charge in [0.15, 0.2) is 0 Å². The minimum absolute atomic E-state index is 0.149. The van der Waals surface area contributed by atoms with E-state index in [1.54, 1.807) is 0 Å². The van der Waals surface area contributed by atoms with Crippen molar-refractivity contribution in [3.05, 3.63) is 0 Å². The maximum atomic E-state index is 11.3. The third-order valence-corrected chi connectivity index (χ3v) is 3.46. The smallest absolute Gasteiger partial charge is 0.223 e. The molecular weight excluding hydrogens is 138 g/mol. The molecule has 0 spiro atoms. The molecule has 3 atom stereocenters. The molecule has 1 aliphatic heterocycles. The predicted molar refractivity (Wildman–Crippen MR) is 43.1 cm³/mol. The third kappa shape index (κ3) is 0.815. The van der Waals surface area contributed by atoms with E-state index in [-0.39, 0.29) is 17.4 Å². The van der Waals surface area contributed by atoms with Crippen molar-refractivity contribution in [1.82, 2.24) is 5.32 Å². The molecule has 0 radical (unpaired) electrons. The highest BCUT2D eigenvalue weighted by Gasteiger charge is 2.50. The van der Waals surface area contributed by atoms with Crippen LogP contribution in [0.5, 0.6) is 0 Å². The van der Waals surface area contributed by atoms with Crippen LogP contribution < -0.4 is 5.32 Å². The van der Waals surface area contributed by atoms with Crippen molar-refractivity contribution in [3.8, 4) is 0 Å². The lowest BCUT2D eigenvalue weighted by molar-refractivity contribution is -0.122. The number of hydrogen-bond acceptors (Lipinski definition) is 1. The van der Waals surface area contributed by atoms with Gasteiger partial charge >= 0.3 is 0 Å². The minimum Gasteiger partial charge on any atom is -0.350 e. The molecule has 1 amide bonds. The molecule has 0 bridgehead atoms. The van der Waals surface area contributed by atoms with Crippen molar-refractivity contribution in [1.29, 1.82) is 0 Å². The van der Waals surface area contributed by atoms with Crippen LogP contribution in [0.1, 0.15) is 33.1 Å². The molecule has 2 nitrogen and oxygen atoms in total. The van der Waals surface area contributed by atoms with Crippen LogP contribution in [0.3, 0.4) is 0 Å². The minimum atomic E-state index is 0.149. The summed E-state index contributed by atoms with van der Waals surface area (Å²) < 4.78 is 0. The van der Waals surface area contributed by atoms with E-state index in [0.29, 0.717) is 5.92 Å². The molecule has 1 saturated carbocycles. The van der Waals surface area contributed by atoms with Crippen LogP contribution in [0.2, 0.25) is 0 Å². The van der Waals surface area contributed by atoms with E-state index < -0.39 is 0 Å².